The molecular formula is C9H13F2N3. The van der Waals surface area contributed by atoms with Gasteiger partial charge in [-0.3, -0.25) is 0 Å². The van der Waals surface area contributed by atoms with Crippen LogP contribution in [0.15, 0.2) is 18.5 Å². The van der Waals surface area contributed by atoms with Gasteiger partial charge in [0, 0.05) is 25.2 Å². The molecule has 2 N–H and O–H groups in total. The number of halogens is 2. The maximum atomic E-state index is 13.1. The van der Waals surface area contributed by atoms with Gasteiger partial charge in [-0.2, -0.15) is 0 Å². The summed E-state index contributed by atoms with van der Waals surface area (Å²) in [7, 11) is 0. The Morgan fingerprint density at radius 2 is 2.00 bits per heavy atom. The van der Waals surface area contributed by atoms with E-state index in [0.717, 1.165) is 0 Å². The Hall–Kier alpha value is -1.10. The molecule has 5 heteroatoms. The molecular weight excluding hydrogens is 188 g/mol. The molecule has 0 saturated carbocycles. The van der Waals surface area contributed by atoms with Gasteiger partial charge in [0.05, 0.1) is 6.04 Å². The summed E-state index contributed by atoms with van der Waals surface area (Å²) in [5.74, 6) is -2.49. The first-order valence-electron chi connectivity index (χ1n) is 4.45. The van der Waals surface area contributed by atoms with E-state index in [-0.39, 0.29) is 12.8 Å². The van der Waals surface area contributed by atoms with E-state index in [9.17, 15) is 8.78 Å². The van der Waals surface area contributed by atoms with Crippen LogP contribution in [0.3, 0.4) is 0 Å². The fourth-order valence-electron chi connectivity index (χ4n) is 1.04. The topological polar surface area (TPSA) is 51.8 Å². The first-order chi connectivity index (χ1) is 6.56. The van der Waals surface area contributed by atoms with Gasteiger partial charge in [0.25, 0.3) is 5.92 Å². The van der Waals surface area contributed by atoms with Gasteiger partial charge in [-0.25, -0.2) is 18.7 Å². The third-order valence-electron chi connectivity index (χ3n) is 2.04. The van der Waals surface area contributed by atoms with Crippen molar-refractivity contribution in [3.8, 4) is 0 Å². The van der Waals surface area contributed by atoms with E-state index < -0.39 is 12.0 Å². The molecule has 0 spiro atoms. The van der Waals surface area contributed by atoms with Crippen LogP contribution >= 0.6 is 0 Å². The summed E-state index contributed by atoms with van der Waals surface area (Å²) in [5, 5.41) is 0. The summed E-state index contributed by atoms with van der Waals surface area (Å²) in [6, 6.07) is 0.419. The first-order valence-corrected chi connectivity index (χ1v) is 4.45. The van der Waals surface area contributed by atoms with Gasteiger partial charge in [-0.1, -0.05) is 6.92 Å². The fraction of sp³-hybridized carbons (Fsp3) is 0.556. The molecule has 78 valence electrons. The number of nitrogens with zero attached hydrogens (tertiary/aromatic N) is 2. The van der Waals surface area contributed by atoms with E-state index >= 15 is 0 Å². The zero-order valence-corrected chi connectivity index (χ0v) is 7.95. The summed E-state index contributed by atoms with van der Waals surface area (Å²) in [6.45, 7) is 1.41. The lowest BCUT2D eigenvalue weighted by molar-refractivity contribution is -0.0289. The molecule has 1 aromatic heterocycles. The monoisotopic (exact) mass is 201 g/mol. The fourth-order valence-corrected chi connectivity index (χ4v) is 1.04. The van der Waals surface area contributed by atoms with E-state index in [0.29, 0.717) is 5.82 Å². The zero-order valence-electron chi connectivity index (χ0n) is 7.95. The van der Waals surface area contributed by atoms with Crippen molar-refractivity contribution in [3.05, 3.63) is 24.3 Å². The predicted octanol–water partition coefficient (Wildman–Crippen LogP) is 1.39. The van der Waals surface area contributed by atoms with Gasteiger partial charge in [-0.05, 0) is 6.07 Å². The average molecular weight is 201 g/mol. The second kappa shape index (κ2) is 4.41. The molecule has 0 unspecified atom stereocenters. The average Bonchev–Trinajstić information content (AvgIpc) is 2.19. The van der Waals surface area contributed by atoms with Crippen molar-refractivity contribution in [2.24, 2.45) is 5.73 Å². The van der Waals surface area contributed by atoms with Crippen LogP contribution in [0.4, 0.5) is 8.78 Å². The van der Waals surface area contributed by atoms with Gasteiger partial charge in [0.2, 0.25) is 0 Å². The van der Waals surface area contributed by atoms with Crippen LogP contribution < -0.4 is 5.73 Å². The zero-order chi connectivity index (χ0) is 10.6. The molecule has 0 fully saturated rings. The highest BCUT2D eigenvalue weighted by atomic mass is 19.3. The molecule has 0 radical (unpaired) electrons. The SMILES string of the molecule is CCC(F)(F)[C@H](N)Cc1ncccn1. The van der Waals surface area contributed by atoms with Crippen LogP contribution in [-0.2, 0) is 6.42 Å². The molecule has 0 aliphatic heterocycles. The van der Waals surface area contributed by atoms with Gasteiger partial charge >= 0.3 is 0 Å². The number of nitrogens with two attached hydrogens (primary N) is 1. The summed E-state index contributed by atoms with van der Waals surface area (Å²) < 4.78 is 26.1. The summed E-state index contributed by atoms with van der Waals surface area (Å²) in [6.07, 6.45) is 2.76. The number of aromatic nitrogens is 2. The van der Waals surface area contributed by atoms with Crippen LogP contribution in [0.2, 0.25) is 0 Å². The Morgan fingerprint density at radius 3 is 2.50 bits per heavy atom. The van der Waals surface area contributed by atoms with Crippen molar-refractivity contribution in [3.63, 3.8) is 0 Å². The Balaban J connectivity index is 2.62. The second-order valence-corrected chi connectivity index (χ2v) is 3.09. The molecule has 0 bridgehead atoms. The van der Waals surface area contributed by atoms with Crippen molar-refractivity contribution >= 4 is 0 Å². The highest BCUT2D eigenvalue weighted by molar-refractivity contribution is 4.94. The Morgan fingerprint density at radius 1 is 1.43 bits per heavy atom. The molecule has 0 aliphatic carbocycles. The van der Waals surface area contributed by atoms with Gasteiger partial charge in [-0.15, -0.1) is 0 Å². The molecule has 1 atom stereocenters. The molecule has 0 aliphatic rings. The van der Waals surface area contributed by atoms with Crippen LogP contribution in [0.5, 0.6) is 0 Å². The minimum atomic E-state index is -2.85. The minimum Gasteiger partial charge on any atom is -0.322 e. The molecule has 14 heavy (non-hydrogen) atoms. The second-order valence-electron chi connectivity index (χ2n) is 3.09. The maximum Gasteiger partial charge on any atom is 0.263 e. The van der Waals surface area contributed by atoms with Crippen molar-refractivity contribution in [1.82, 2.24) is 9.97 Å². The van der Waals surface area contributed by atoms with Crippen LogP contribution in [0.25, 0.3) is 0 Å². The van der Waals surface area contributed by atoms with Crippen molar-refractivity contribution in [1.29, 1.82) is 0 Å². The quantitative estimate of drug-likeness (QED) is 0.800. The lowest BCUT2D eigenvalue weighted by Crippen LogP contribution is -2.42. The Kier molecular flexibility index (Phi) is 3.46. The van der Waals surface area contributed by atoms with Gasteiger partial charge < -0.3 is 5.73 Å². The van der Waals surface area contributed by atoms with E-state index in [1.54, 1.807) is 6.07 Å². The molecule has 0 saturated heterocycles. The maximum absolute atomic E-state index is 13.1. The van der Waals surface area contributed by atoms with Gasteiger partial charge in [0.1, 0.15) is 5.82 Å². The smallest absolute Gasteiger partial charge is 0.263 e. The largest absolute Gasteiger partial charge is 0.322 e. The molecule has 0 aromatic carbocycles. The molecule has 1 heterocycles. The standard InChI is InChI=1S/C9H13F2N3/c1-2-9(10,11)7(12)6-8-13-4-3-5-14-8/h3-5,7H,2,6,12H2,1H3/t7-/m1/s1. The molecule has 0 amide bonds. The highest BCUT2D eigenvalue weighted by Crippen LogP contribution is 2.22. The van der Waals surface area contributed by atoms with Crippen LogP contribution in [0, 0.1) is 0 Å². The molecule has 1 rings (SSSR count). The van der Waals surface area contributed by atoms with E-state index in [2.05, 4.69) is 9.97 Å². The Bertz CT molecular complexity index is 277. The third kappa shape index (κ3) is 2.70. The summed E-state index contributed by atoms with van der Waals surface area (Å²) >= 11 is 0. The van der Waals surface area contributed by atoms with E-state index in [1.807, 2.05) is 0 Å². The lowest BCUT2D eigenvalue weighted by atomic mass is 10.1. The molecule has 1 aromatic rings. The first kappa shape index (κ1) is 11.0. The van der Waals surface area contributed by atoms with Crippen molar-refractivity contribution in [2.75, 3.05) is 0 Å². The number of hydrogen-bond donors (Lipinski definition) is 1. The van der Waals surface area contributed by atoms with Crippen molar-refractivity contribution in [2.45, 2.75) is 31.7 Å². The normalized spacial score (nSPS) is 14.0. The minimum absolute atomic E-state index is 0.00167. The van der Waals surface area contributed by atoms with E-state index in [1.165, 1.54) is 19.3 Å². The van der Waals surface area contributed by atoms with Crippen molar-refractivity contribution < 1.29 is 8.78 Å². The number of rotatable bonds is 4. The predicted molar refractivity (Wildman–Crippen MR) is 48.9 cm³/mol. The third-order valence-corrected chi connectivity index (χ3v) is 2.04. The Labute approximate surface area is 81.4 Å². The summed E-state index contributed by atoms with van der Waals surface area (Å²) in [5.41, 5.74) is 5.36. The summed E-state index contributed by atoms with van der Waals surface area (Å²) in [4.78, 5) is 7.68. The van der Waals surface area contributed by atoms with Gasteiger partial charge in [0.15, 0.2) is 0 Å². The van der Waals surface area contributed by atoms with E-state index in [4.69, 9.17) is 5.73 Å². The highest BCUT2D eigenvalue weighted by Gasteiger charge is 2.35. The van der Waals surface area contributed by atoms with Crippen LogP contribution in [-0.4, -0.2) is 21.9 Å². The molecule has 3 nitrogen and oxygen atoms in total. The van der Waals surface area contributed by atoms with Crippen LogP contribution in [0.1, 0.15) is 19.2 Å². The number of alkyl halides is 2. The lowest BCUT2D eigenvalue weighted by Gasteiger charge is -2.21. The number of hydrogen-bond acceptors (Lipinski definition) is 3.